The van der Waals surface area contributed by atoms with Gasteiger partial charge in [0.15, 0.2) is 0 Å². The van der Waals surface area contributed by atoms with E-state index in [0.29, 0.717) is 11.3 Å². The molecule has 0 fully saturated rings. The fraction of sp³-hybridized carbons (Fsp3) is 0.600. The van der Waals surface area contributed by atoms with Crippen molar-refractivity contribution < 1.29 is 48.0 Å². The summed E-state index contributed by atoms with van der Waals surface area (Å²) in [6.45, 7) is 21.3. The largest absolute Gasteiger partial charge is 1.00 e. The van der Waals surface area contributed by atoms with E-state index in [2.05, 4.69) is 62.3 Å². The maximum atomic E-state index is 2.44. The van der Waals surface area contributed by atoms with Gasteiger partial charge in [0, 0.05) is 0 Å². The van der Waals surface area contributed by atoms with Gasteiger partial charge in [0.1, 0.15) is 0 Å². The van der Waals surface area contributed by atoms with E-state index >= 15 is 0 Å². The van der Waals surface area contributed by atoms with E-state index < -0.39 is 23.2 Å². The second-order valence-electron chi connectivity index (χ2n) is 7.64. The molecular weight excluding hydrogens is 402 g/mol. The van der Waals surface area contributed by atoms with Crippen molar-refractivity contribution in [2.75, 3.05) is 0 Å². The van der Waals surface area contributed by atoms with Gasteiger partial charge in [0.25, 0.3) is 0 Å². The Balaban J connectivity index is 0.00000242. The molecule has 0 amide bonds. The molecule has 2 aliphatic rings. The van der Waals surface area contributed by atoms with E-state index in [-0.39, 0.29) is 24.8 Å². The summed E-state index contributed by atoms with van der Waals surface area (Å²) >= 11 is -0.698. The number of rotatable bonds is 3. The van der Waals surface area contributed by atoms with Crippen LogP contribution in [0.1, 0.15) is 68.7 Å². The molecule has 0 saturated carbocycles. The summed E-state index contributed by atoms with van der Waals surface area (Å²) in [5, 5.41) is 0. The fourth-order valence-electron chi connectivity index (χ4n) is 3.60. The summed E-state index contributed by atoms with van der Waals surface area (Å²) in [5.74, 6) is 0.703. The molecule has 23 heavy (non-hydrogen) atoms. The molecule has 0 unspecified atom stereocenters. The molecule has 128 valence electrons. The van der Waals surface area contributed by atoms with Crippen molar-refractivity contribution in [3.63, 3.8) is 0 Å². The van der Waals surface area contributed by atoms with Crippen LogP contribution >= 0.6 is 0 Å². The Labute approximate surface area is 167 Å². The van der Waals surface area contributed by atoms with E-state index in [0.717, 1.165) is 0 Å². The zero-order chi connectivity index (χ0) is 16.1. The summed E-state index contributed by atoms with van der Waals surface area (Å²) in [6, 6.07) is 0. The summed E-state index contributed by atoms with van der Waals surface area (Å²) in [4.78, 5) is 0. The topological polar surface area (TPSA) is 0 Å². The van der Waals surface area contributed by atoms with Gasteiger partial charge in [-0.3, -0.25) is 0 Å². The Morgan fingerprint density at radius 3 is 1.78 bits per heavy atom. The van der Waals surface area contributed by atoms with Crippen LogP contribution in [-0.4, -0.2) is 0 Å². The van der Waals surface area contributed by atoms with Gasteiger partial charge >= 0.3 is 143 Å². The normalized spacial score (nSPS) is 20.3. The van der Waals surface area contributed by atoms with Crippen molar-refractivity contribution in [3.05, 3.63) is 40.0 Å². The molecule has 0 heterocycles. The van der Waals surface area contributed by atoms with E-state index in [1.807, 2.05) is 3.28 Å². The third kappa shape index (κ3) is 3.99. The van der Waals surface area contributed by atoms with Gasteiger partial charge in [-0.15, -0.1) is 0 Å². The van der Waals surface area contributed by atoms with Gasteiger partial charge in [-0.25, -0.2) is 0 Å². The van der Waals surface area contributed by atoms with Crippen LogP contribution in [-0.2, 0) is 23.2 Å². The zero-order valence-corrected chi connectivity index (χ0v) is 20.0. The molecule has 0 aliphatic heterocycles. The molecule has 0 aromatic rings. The predicted octanol–water partition coefficient (Wildman–Crippen LogP) is 0.377. The monoisotopic (exact) mass is 430 g/mol. The van der Waals surface area contributed by atoms with Crippen molar-refractivity contribution in [2.24, 2.45) is 11.3 Å². The first kappa shape index (κ1) is 23.4. The van der Waals surface area contributed by atoms with Crippen molar-refractivity contribution in [2.45, 2.75) is 68.7 Å². The SMILES string of the molecule is CC1=C(C)[C]([Zr+2][C]2=C(C)C(C)=C(C)C2(C)C)=C(C(C)C)C1.[Cl-].[Cl-]. The van der Waals surface area contributed by atoms with E-state index in [1.165, 1.54) is 6.42 Å². The molecular formula is C20H30Cl2Zr. The molecule has 2 aliphatic carbocycles. The summed E-state index contributed by atoms with van der Waals surface area (Å²) in [5.41, 5.74) is 10.0. The molecule has 0 radical (unpaired) electrons. The third-order valence-corrected chi connectivity index (χ3v) is 11.2. The van der Waals surface area contributed by atoms with Crippen molar-refractivity contribution in [1.82, 2.24) is 0 Å². The van der Waals surface area contributed by atoms with Gasteiger partial charge < -0.3 is 24.8 Å². The van der Waals surface area contributed by atoms with E-state index in [1.54, 1.807) is 36.7 Å². The molecule has 2 rings (SSSR count). The van der Waals surface area contributed by atoms with Gasteiger partial charge in [-0.1, -0.05) is 0 Å². The van der Waals surface area contributed by atoms with Gasteiger partial charge in [-0.2, -0.15) is 0 Å². The molecule has 0 aromatic carbocycles. The molecule has 0 spiro atoms. The first-order valence-electron chi connectivity index (χ1n) is 8.15. The summed E-state index contributed by atoms with van der Waals surface area (Å²) in [7, 11) is 0. The predicted molar refractivity (Wildman–Crippen MR) is 89.7 cm³/mol. The number of allylic oxidation sites excluding steroid dienone is 8. The van der Waals surface area contributed by atoms with Crippen LogP contribution in [0.15, 0.2) is 40.0 Å². The van der Waals surface area contributed by atoms with E-state index in [9.17, 15) is 0 Å². The first-order chi connectivity index (χ1) is 9.59. The minimum absolute atomic E-state index is 0. The zero-order valence-electron chi connectivity index (χ0n) is 16.0. The smallest absolute Gasteiger partial charge is 1.00 e. The average Bonchev–Trinajstić information content (AvgIpc) is 2.75. The molecule has 0 bridgehead atoms. The quantitative estimate of drug-likeness (QED) is 0.605. The molecule has 0 nitrogen and oxygen atoms in total. The van der Waals surface area contributed by atoms with Crippen molar-refractivity contribution in [3.8, 4) is 0 Å². The van der Waals surface area contributed by atoms with Crippen LogP contribution in [0.25, 0.3) is 0 Å². The van der Waals surface area contributed by atoms with Crippen molar-refractivity contribution >= 4 is 0 Å². The van der Waals surface area contributed by atoms with Crippen molar-refractivity contribution in [1.29, 1.82) is 0 Å². The van der Waals surface area contributed by atoms with E-state index in [4.69, 9.17) is 0 Å². The Bertz CT molecular complexity index is 614. The second-order valence-corrected chi connectivity index (χ2v) is 10.7. The minimum Gasteiger partial charge on any atom is -1.00 e. The third-order valence-electron chi connectivity index (χ3n) is 5.80. The van der Waals surface area contributed by atoms with Gasteiger partial charge in [0.05, 0.1) is 0 Å². The molecule has 3 heteroatoms. The van der Waals surface area contributed by atoms with Gasteiger partial charge in [0.2, 0.25) is 0 Å². The Hall–Kier alpha value is 0.423. The average molecular weight is 433 g/mol. The van der Waals surface area contributed by atoms with Crippen LogP contribution in [0.3, 0.4) is 0 Å². The number of hydrogen-bond donors (Lipinski definition) is 0. The standard InChI is InChI=1S/2C10H15.2ClH.Zr/c1-7-6-10(4,5)9(3)8(7)2;1-7(2)10-5-8(3)9(4)6-10;;;/h1-5H3;7H,5H2,1-4H3;2*1H;/q;;;;+2/p-2. The van der Waals surface area contributed by atoms with Crippen LogP contribution in [0, 0.1) is 11.3 Å². The van der Waals surface area contributed by atoms with Crippen LogP contribution in [0.4, 0.5) is 0 Å². The van der Waals surface area contributed by atoms with Crippen LogP contribution < -0.4 is 24.8 Å². The Morgan fingerprint density at radius 2 is 1.39 bits per heavy atom. The molecule has 0 aromatic heterocycles. The maximum absolute atomic E-state index is 2.44. The summed E-state index contributed by atoms with van der Waals surface area (Å²) < 4.78 is 3.61. The molecule has 0 atom stereocenters. The fourth-order valence-corrected chi connectivity index (χ4v) is 8.67. The molecule has 0 saturated heterocycles. The van der Waals surface area contributed by atoms with Crippen LogP contribution in [0.5, 0.6) is 0 Å². The van der Waals surface area contributed by atoms with Crippen LogP contribution in [0.2, 0.25) is 0 Å². The second kappa shape index (κ2) is 8.20. The first-order valence-corrected chi connectivity index (χ1v) is 10.6. The maximum Gasteiger partial charge on any atom is -1.00 e. The Morgan fingerprint density at radius 1 is 0.870 bits per heavy atom. The summed E-state index contributed by atoms with van der Waals surface area (Å²) in [6.07, 6.45) is 1.23. The number of halogens is 2. The minimum atomic E-state index is -0.698. The Kier molecular flexibility index (Phi) is 8.35. The van der Waals surface area contributed by atoms with Gasteiger partial charge in [-0.05, 0) is 0 Å². The number of hydrogen-bond acceptors (Lipinski definition) is 0. The molecule has 0 N–H and O–H groups in total.